The number of halogens is 1. The van der Waals surface area contributed by atoms with Gasteiger partial charge >= 0.3 is 0 Å². The second-order valence-electron chi connectivity index (χ2n) is 6.38. The number of hydrogen-bond donors (Lipinski definition) is 2. The molecular formula is C21H22ClN5O4S. The quantitative estimate of drug-likeness (QED) is 0.362. The standard InChI is InChI=1S/C21H22ClN5O4S/c1-3-27-20(16-11-14(22)9-10-17(16)30-2)25-26-21(27)32-13-19(29)24-23-18(28)12-31-15-7-5-4-6-8-15/h4-11H,3,12-13H2,1-2H3,(H,23,28)(H,24,29). The maximum atomic E-state index is 12.1. The number of benzene rings is 2. The Balaban J connectivity index is 1.54. The average Bonchev–Trinajstić information content (AvgIpc) is 3.23. The highest BCUT2D eigenvalue weighted by Crippen LogP contribution is 2.33. The Morgan fingerprint density at radius 2 is 1.84 bits per heavy atom. The van der Waals surface area contributed by atoms with Gasteiger partial charge in [0.15, 0.2) is 17.6 Å². The first-order valence-corrected chi connectivity index (χ1v) is 11.0. The molecule has 0 saturated carbocycles. The first-order chi connectivity index (χ1) is 15.5. The zero-order valence-corrected chi connectivity index (χ0v) is 19.1. The van der Waals surface area contributed by atoms with E-state index < -0.39 is 11.8 Å². The Hall–Kier alpha value is -3.24. The summed E-state index contributed by atoms with van der Waals surface area (Å²) in [4.78, 5) is 24.0. The van der Waals surface area contributed by atoms with E-state index in [1.54, 1.807) is 49.6 Å². The molecule has 0 aliphatic carbocycles. The molecule has 0 atom stereocenters. The minimum absolute atomic E-state index is 0.0324. The van der Waals surface area contributed by atoms with Crippen molar-refractivity contribution >= 4 is 35.2 Å². The van der Waals surface area contributed by atoms with E-state index in [1.807, 2.05) is 17.6 Å². The molecule has 0 aliphatic rings. The zero-order valence-electron chi connectivity index (χ0n) is 17.5. The van der Waals surface area contributed by atoms with Crippen molar-refractivity contribution in [1.29, 1.82) is 0 Å². The number of thioether (sulfide) groups is 1. The number of hydrogen-bond acceptors (Lipinski definition) is 7. The molecule has 0 fully saturated rings. The maximum Gasteiger partial charge on any atom is 0.276 e. The number of rotatable bonds is 9. The molecule has 0 bridgehead atoms. The van der Waals surface area contributed by atoms with E-state index in [0.29, 0.717) is 39.6 Å². The molecule has 1 heterocycles. The molecule has 168 valence electrons. The Morgan fingerprint density at radius 3 is 2.56 bits per heavy atom. The van der Waals surface area contributed by atoms with Gasteiger partial charge in [0.2, 0.25) is 5.91 Å². The summed E-state index contributed by atoms with van der Waals surface area (Å²) in [7, 11) is 1.57. The first kappa shape index (κ1) is 23.4. The Labute approximate surface area is 194 Å². The fraction of sp³-hybridized carbons (Fsp3) is 0.238. The summed E-state index contributed by atoms with van der Waals surface area (Å²) in [5, 5.41) is 9.54. The van der Waals surface area contributed by atoms with Crippen LogP contribution in [0.1, 0.15) is 6.92 Å². The maximum absolute atomic E-state index is 12.1. The Bertz CT molecular complexity index is 1080. The Morgan fingerprint density at radius 1 is 1.09 bits per heavy atom. The normalized spacial score (nSPS) is 10.5. The molecule has 0 unspecified atom stereocenters. The van der Waals surface area contributed by atoms with E-state index in [-0.39, 0.29) is 12.4 Å². The number of methoxy groups -OCH3 is 1. The molecule has 2 aromatic carbocycles. The minimum atomic E-state index is -0.473. The number of aromatic nitrogens is 3. The van der Waals surface area contributed by atoms with Crippen LogP contribution < -0.4 is 20.3 Å². The molecule has 3 rings (SSSR count). The van der Waals surface area contributed by atoms with E-state index in [4.69, 9.17) is 21.1 Å². The van der Waals surface area contributed by atoms with Gasteiger partial charge in [-0.05, 0) is 37.3 Å². The van der Waals surface area contributed by atoms with Gasteiger partial charge in [-0.3, -0.25) is 20.4 Å². The molecular weight excluding hydrogens is 454 g/mol. The summed E-state index contributed by atoms with van der Waals surface area (Å²) in [6.45, 7) is 2.31. The molecule has 0 aliphatic heterocycles. The van der Waals surface area contributed by atoms with Crippen LogP contribution in [0.3, 0.4) is 0 Å². The van der Waals surface area contributed by atoms with Crippen molar-refractivity contribution in [3.05, 3.63) is 53.6 Å². The summed E-state index contributed by atoms with van der Waals surface area (Å²) in [6, 6.07) is 14.2. The van der Waals surface area contributed by atoms with Crippen molar-refractivity contribution in [3.8, 4) is 22.9 Å². The van der Waals surface area contributed by atoms with Gasteiger partial charge < -0.3 is 14.0 Å². The number of nitrogens with one attached hydrogen (secondary N) is 2. The molecule has 3 aromatic rings. The largest absolute Gasteiger partial charge is 0.496 e. The van der Waals surface area contributed by atoms with Gasteiger partial charge in [-0.2, -0.15) is 0 Å². The van der Waals surface area contributed by atoms with E-state index in [2.05, 4.69) is 21.0 Å². The second-order valence-corrected chi connectivity index (χ2v) is 7.76. The van der Waals surface area contributed by atoms with Gasteiger partial charge in [-0.15, -0.1) is 10.2 Å². The molecule has 0 radical (unpaired) electrons. The average molecular weight is 476 g/mol. The second kappa shape index (κ2) is 11.4. The molecule has 32 heavy (non-hydrogen) atoms. The number of hydrazine groups is 1. The van der Waals surface area contributed by atoms with Crippen LogP contribution in [0.4, 0.5) is 0 Å². The van der Waals surface area contributed by atoms with Gasteiger partial charge in [0, 0.05) is 11.6 Å². The lowest BCUT2D eigenvalue weighted by Crippen LogP contribution is -2.44. The Kier molecular flexibility index (Phi) is 8.34. The molecule has 2 N–H and O–H groups in total. The van der Waals surface area contributed by atoms with Gasteiger partial charge in [-0.1, -0.05) is 41.6 Å². The number of nitrogens with zero attached hydrogens (tertiary/aromatic N) is 3. The van der Waals surface area contributed by atoms with Crippen molar-refractivity contribution in [2.24, 2.45) is 0 Å². The highest BCUT2D eigenvalue weighted by molar-refractivity contribution is 7.99. The summed E-state index contributed by atoms with van der Waals surface area (Å²) >= 11 is 7.33. The molecule has 9 nitrogen and oxygen atoms in total. The third-order valence-corrected chi connectivity index (χ3v) is 5.42. The summed E-state index contributed by atoms with van der Waals surface area (Å²) in [6.07, 6.45) is 0. The minimum Gasteiger partial charge on any atom is -0.496 e. The number of carbonyl (C=O) groups excluding carboxylic acids is 2. The first-order valence-electron chi connectivity index (χ1n) is 9.67. The molecule has 2 amide bonds. The van der Waals surface area contributed by atoms with Crippen LogP contribution in [0.2, 0.25) is 5.02 Å². The van der Waals surface area contributed by atoms with E-state index >= 15 is 0 Å². The fourth-order valence-electron chi connectivity index (χ4n) is 2.74. The van der Waals surface area contributed by atoms with Crippen LogP contribution >= 0.6 is 23.4 Å². The number of amides is 2. The van der Waals surface area contributed by atoms with E-state index in [1.165, 1.54) is 11.8 Å². The molecule has 0 saturated heterocycles. The third kappa shape index (κ3) is 6.14. The lowest BCUT2D eigenvalue weighted by Gasteiger charge is -2.11. The predicted molar refractivity (Wildman–Crippen MR) is 122 cm³/mol. The van der Waals surface area contributed by atoms with E-state index in [9.17, 15) is 9.59 Å². The van der Waals surface area contributed by atoms with Crippen molar-refractivity contribution in [1.82, 2.24) is 25.6 Å². The van der Waals surface area contributed by atoms with Crippen LogP contribution in [0.25, 0.3) is 11.4 Å². The van der Waals surface area contributed by atoms with Crippen LogP contribution in [-0.4, -0.2) is 46.0 Å². The summed E-state index contributed by atoms with van der Waals surface area (Å²) < 4.78 is 12.6. The van der Waals surface area contributed by atoms with Gasteiger partial charge in [0.1, 0.15) is 11.5 Å². The zero-order chi connectivity index (χ0) is 22.9. The van der Waals surface area contributed by atoms with Crippen LogP contribution in [0.15, 0.2) is 53.7 Å². The van der Waals surface area contributed by atoms with Crippen LogP contribution in [0, 0.1) is 0 Å². The number of ether oxygens (including phenoxy) is 2. The van der Waals surface area contributed by atoms with Crippen molar-refractivity contribution in [2.75, 3.05) is 19.5 Å². The fourth-order valence-corrected chi connectivity index (χ4v) is 3.72. The monoisotopic (exact) mass is 475 g/mol. The van der Waals surface area contributed by atoms with Gasteiger partial charge in [0.05, 0.1) is 18.4 Å². The third-order valence-electron chi connectivity index (χ3n) is 4.22. The summed E-state index contributed by atoms with van der Waals surface area (Å²) in [5.74, 6) is 0.933. The molecule has 1 aromatic heterocycles. The van der Waals surface area contributed by atoms with Crippen molar-refractivity contribution in [3.63, 3.8) is 0 Å². The van der Waals surface area contributed by atoms with Crippen molar-refractivity contribution < 1.29 is 19.1 Å². The van der Waals surface area contributed by atoms with E-state index in [0.717, 1.165) is 0 Å². The van der Waals surface area contributed by atoms with Crippen molar-refractivity contribution in [2.45, 2.75) is 18.6 Å². The lowest BCUT2D eigenvalue weighted by atomic mass is 10.2. The lowest BCUT2D eigenvalue weighted by molar-refractivity contribution is -0.128. The number of carbonyl (C=O) groups is 2. The summed E-state index contributed by atoms with van der Waals surface area (Å²) in [5.41, 5.74) is 5.38. The van der Waals surface area contributed by atoms with Crippen LogP contribution in [0.5, 0.6) is 11.5 Å². The topological polar surface area (TPSA) is 107 Å². The predicted octanol–water partition coefficient (Wildman–Crippen LogP) is 2.95. The highest BCUT2D eigenvalue weighted by atomic mass is 35.5. The smallest absolute Gasteiger partial charge is 0.276 e. The molecule has 0 spiro atoms. The molecule has 11 heteroatoms. The van der Waals surface area contributed by atoms with Gasteiger partial charge in [-0.25, -0.2) is 0 Å². The van der Waals surface area contributed by atoms with Gasteiger partial charge in [0.25, 0.3) is 5.91 Å². The highest BCUT2D eigenvalue weighted by Gasteiger charge is 2.18. The number of para-hydroxylation sites is 1. The SMILES string of the molecule is CCn1c(SCC(=O)NNC(=O)COc2ccccc2)nnc1-c1cc(Cl)ccc1OC. The van der Waals surface area contributed by atoms with Crippen LogP contribution in [-0.2, 0) is 16.1 Å².